The second-order valence-electron chi connectivity index (χ2n) is 2.66. The number of halogens is 3. The van der Waals surface area contributed by atoms with E-state index in [2.05, 4.69) is 0 Å². The zero-order valence-corrected chi connectivity index (χ0v) is 10.6. The maximum absolute atomic E-state index is 7.62. The van der Waals surface area contributed by atoms with E-state index in [-0.39, 0.29) is 5.38 Å². The molecule has 0 amide bonds. The topological polar surface area (TPSA) is 23.8 Å². The molecule has 0 spiro atoms. The lowest BCUT2D eigenvalue weighted by Crippen LogP contribution is -1.91. The second kappa shape index (κ2) is 8.85. The van der Waals surface area contributed by atoms with E-state index in [4.69, 9.17) is 40.1 Å². The molecule has 82 valence electrons. The standard InChI is InChI=1S/C8H7Cl3.C3H5N/c9-5-8(11)6-3-1-2-4-7(6)10;1-2-3-4/h1-4,8H,5H2;2H2,1H3. The number of alkyl halides is 2. The van der Waals surface area contributed by atoms with Gasteiger partial charge in [0.1, 0.15) is 0 Å². The molecule has 0 N–H and O–H groups in total. The number of benzene rings is 1. The Hall–Kier alpha value is -0.420. The molecular formula is C11H12Cl3N. The number of nitrogens with zero attached hydrogens (tertiary/aromatic N) is 1. The van der Waals surface area contributed by atoms with E-state index < -0.39 is 0 Å². The molecule has 0 bridgehead atoms. The van der Waals surface area contributed by atoms with Crippen LogP contribution in [0.1, 0.15) is 24.3 Å². The van der Waals surface area contributed by atoms with Gasteiger partial charge in [0.15, 0.2) is 0 Å². The molecule has 1 rings (SSSR count). The molecule has 4 heteroatoms. The molecule has 0 saturated heterocycles. The van der Waals surface area contributed by atoms with Crippen molar-refractivity contribution in [1.29, 1.82) is 5.26 Å². The summed E-state index contributed by atoms with van der Waals surface area (Å²) in [5.41, 5.74) is 0.894. The summed E-state index contributed by atoms with van der Waals surface area (Å²) in [5, 5.41) is 8.11. The van der Waals surface area contributed by atoms with E-state index in [1.165, 1.54) is 0 Å². The fourth-order valence-electron chi connectivity index (χ4n) is 0.812. The maximum atomic E-state index is 7.62. The number of hydrogen-bond donors (Lipinski definition) is 0. The third-order valence-corrected chi connectivity index (χ3v) is 2.74. The highest BCUT2D eigenvalue weighted by Crippen LogP contribution is 2.27. The molecule has 1 unspecified atom stereocenters. The van der Waals surface area contributed by atoms with Gasteiger partial charge in [0, 0.05) is 17.3 Å². The van der Waals surface area contributed by atoms with E-state index in [0.29, 0.717) is 17.3 Å². The van der Waals surface area contributed by atoms with Crippen molar-refractivity contribution in [3.05, 3.63) is 34.9 Å². The van der Waals surface area contributed by atoms with Crippen molar-refractivity contribution in [3.63, 3.8) is 0 Å². The Bertz CT molecular complexity index is 320. The lowest BCUT2D eigenvalue weighted by atomic mass is 10.2. The molecule has 1 nitrogen and oxygen atoms in total. The van der Waals surface area contributed by atoms with Crippen LogP contribution in [0.25, 0.3) is 0 Å². The smallest absolute Gasteiger partial charge is 0.0734 e. The van der Waals surface area contributed by atoms with E-state index in [9.17, 15) is 0 Å². The summed E-state index contributed by atoms with van der Waals surface area (Å²) in [7, 11) is 0. The summed E-state index contributed by atoms with van der Waals surface area (Å²) in [5.74, 6) is 0.380. The SMILES string of the molecule is CCC#N.ClCC(Cl)c1ccccc1Cl. The molecule has 0 radical (unpaired) electrons. The predicted molar refractivity (Wildman–Crippen MR) is 66.7 cm³/mol. The molecular weight excluding hydrogens is 252 g/mol. The van der Waals surface area contributed by atoms with Gasteiger partial charge in [-0.1, -0.05) is 36.7 Å². The first kappa shape index (κ1) is 14.6. The summed E-state index contributed by atoms with van der Waals surface area (Å²) in [4.78, 5) is 0. The lowest BCUT2D eigenvalue weighted by Gasteiger charge is -2.06. The minimum absolute atomic E-state index is 0.189. The molecule has 15 heavy (non-hydrogen) atoms. The Morgan fingerprint density at radius 2 is 1.93 bits per heavy atom. The largest absolute Gasteiger partial charge is 0.198 e. The van der Waals surface area contributed by atoms with Crippen molar-refractivity contribution in [2.75, 3.05) is 5.88 Å². The van der Waals surface area contributed by atoms with Crippen LogP contribution in [0.3, 0.4) is 0 Å². The van der Waals surface area contributed by atoms with Crippen LogP contribution >= 0.6 is 34.8 Å². The van der Waals surface area contributed by atoms with Crippen molar-refractivity contribution >= 4 is 34.8 Å². The van der Waals surface area contributed by atoms with Crippen molar-refractivity contribution in [2.45, 2.75) is 18.7 Å². The van der Waals surface area contributed by atoms with Gasteiger partial charge in [-0.25, -0.2) is 0 Å². The van der Waals surface area contributed by atoms with Crippen molar-refractivity contribution < 1.29 is 0 Å². The normalized spacial score (nSPS) is 10.9. The highest BCUT2D eigenvalue weighted by atomic mass is 35.5. The van der Waals surface area contributed by atoms with E-state index in [1.54, 1.807) is 6.07 Å². The molecule has 0 heterocycles. The number of rotatable bonds is 2. The van der Waals surface area contributed by atoms with Crippen LogP contribution in [0, 0.1) is 11.3 Å². The van der Waals surface area contributed by atoms with Crippen molar-refractivity contribution in [2.24, 2.45) is 0 Å². The summed E-state index contributed by atoms with van der Waals surface area (Å²) >= 11 is 17.3. The summed E-state index contributed by atoms with van der Waals surface area (Å²) in [6.45, 7) is 1.82. The first-order valence-electron chi connectivity index (χ1n) is 4.48. The van der Waals surface area contributed by atoms with E-state index in [1.807, 2.05) is 31.2 Å². The Morgan fingerprint density at radius 3 is 2.33 bits per heavy atom. The first-order chi connectivity index (χ1) is 7.17. The minimum Gasteiger partial charge on any atom is -0.198 e. The Labute approximate surface area is 106 Å². The number of hydrogen-bond acceptors (Lipinski definition) is 1. The van der Waals surface area contributed by atoms with Gasteiger partial charge in [0.2, 0.25) is 0 Å². The summed E-state index contributed by atoms with van der Waals surface area (Å²) < 4.78 is 0. The summed E-state index contributed by atoms with van der Waals surface area (Å²) in [6, 6.07) is 9.37. The quantitative estimate of drug-likeness (QED) is 0.705. The Morgan fingerprint density at radius 1 is 1.40 bits per heavy atom. The summed E-state index contributed by atoms with van der Waals surface area (Å²) in [6.07, 6.45) is 0.625. The van der Waals surface area contributed by atoms with Crippen molar-refractivity contribution in [1.82, 2.24) is 0 Å². The van der Waals surface area contributed by atoms with Gasteiger partial charge >= 0.3 is 0 Å². The van der Waals surface area contributed by atoms with Crippen LogP contribution < -0.4 is 0 Å². The fraction of sp³-hybridized carbons (Fsp3) is 0.364. The molecule has 1 atom stereocenters. The third kappa shape index (κ3) is 5.89. The fourth-order valence-corrected chi connectivity index (χ4v) is 1.49. The van der Waals surface area contributed by atoms with Crippen LogP contribution in [0.15, 0.2) is 24.3 Å². The number of nitriles is 1. The average molecular weight is 265 g/mol. The second-order valence-corrected chi connectivity index (χ2v) is 3.90. The molecule has 1 aromatic rings. The maximum Gasteiger partial charge on any atom is 0.0734 e. The van der Waals surface area contributed by atoms with Crippen LogP contribution in [-0.4, -0.2) is 5.88 Å². The van der Waals surface area contributed by atoms with Crippen LogP contribution in [0.2, 0.25) is 5.02 Å². The van der Waals surface area contributed by atoms with Gasteiger partial charge in [-0.05, 0) is 11.6 Å². The van der Waals surface area contributed by atoms with E-state index >= 15 is 0 Å². The molecule has 0 aliphatic rings. The zero-order valence-electron chi connectivity index (χ0n) is 8.38. The van der Waals surface area contributed by atoms with Gasteiger partial charge in [-0.2, -0.15) is 5.26 Å². The minimum atomic E-state index is -0.189. The highest BCUT2D eigenvalue weighted by Gasteiger charge is 2.08. The third-order valence-electron chi connectivity index (χ3n) is 1.54. The van der Waals surface area contributed by atoms with Gasteiger partial charge in [0.05, 0.1) is 11.4 Å². The molecule has 0 aromatic heterocycles. The van der Waals surface area contributed by atoms with Crippen LogP contribution in [0.4, 0.5) is 0 Å². The van der Waals surface area contributed by atoms with Gasteiger partial charge < -0.3 is 0 Å². The molecule has 0 aliphatic carbocycles. The van der Waals surface area contributed by atoms with Gasteiger partial charge in [0.25, 0.3) is 0 Å². The average Bonchev–Trinajstić information content (AvgIpc) is 2.29. The zero-order chi connectivity index (χ0) is 11.7. The molecule has 0 aliphatic heterocycles. The van der Waals surface area contributed by atoms with Gasteiger partial charge in [-0.15, -0.1) is 23.2 Å². The Kier molecular flexibility index (Phi) is 8.61. The predicted octanol–water partition coefficient (Wildman–Crippen LogP) is 4.78. The first-order valence-corrected chi connectivity index (χ1v) is 5.83. The Balaban J connectivity index is 0.000000423. The lowest BCUT2D eigenvalue weighted by molar-refractivity contribution is 1.09. The van der Waals surface area contributed by atoms with E-state index in [0.717, 1.165) is 5.56 Å². The highest BCUT2D eigenvalue weighted by molar-refractivity contribution is 6.34. The van der Waals surface area contributed by atoms with Crippen LogP contribution in [0.5, 0.6) is 0 Å². The van der Waals surface area contributed by atoms with Crippen molar-refractivity contribution in [3.8, 4) is 6.07 Å². The molecule has 0 saturated carbocycles. The van der Waals surface area contributed by atoms with Crippen LogP contribution in [-0.2, 0) is 0 Å². The van der Waals surface area contributed by atoms with Gasteiger partial charge in [-0.3, -0.25) is 0 Å². The molecule has 0 fully saturated rings. The molecule has 1 aromatic carbocycles. The monoisotopic (exact) mass is 263 g/mol.